The number of aliphatic hydroxyl groups excluding tert-OH is 2. The summed E-state index contributed by atoms with van der Waals surface area (Å²) in [6.45, 7) is 4.37. The van der Waals surface area contributed by atoms with Gasteiger partial charge in [0.05, 0.1) is 18.8 Å². The van der Waals surface area contributed by atoms with Crippen molar-refractivity contribution < 1.29 is 15.0 Å². The van der Waals surface area contributed by atoms with Gasteiger partial charge in [0.25, 0.3) is 0 Å². The summed E-state index contributed by atoms with van der Waals surface area (Å²) in [5.41, 5.74) is 0. The Bertz CT molecular complexity index is 810. The summed E-state index contributed by atoms with van der Waals surface area (Å²) >= 11 is 0. The second-order valence-corrected chi connectivity index (χ2v) is 17.6. The molecule has 0 aromatic rings. The van der Waals surface area contributed by atoms with E-state index in [4.69, 9.17) is 0 Å². The molecule has 56 heavy (non-hydrogen) atoms. The first-order valence-corrected chi connectivity index (χ1v) is 25.5. The third-order valence-electron chi connectivity index (χ3n) is 12.0. The van der Waals surface area contributed by atoms with Gasteiger partial charge in [-0.1, -0.05) is 256 Å². The Hall–Kier alpha value is -1.13. The minimum atomic E-state index is -0.659. The van der Waals surface area contributed by atoms with E-state index in [0.717, 1.165) is 32.1 Å². The molecule has 4 heteroatoms. The molecule has 0 aromatic heterocycles. The summed E-state index contributed by atoms with van der Waals surface area (Å²) in [6, 6.07) is -0.536. The van der Waals surface area contributed by atoms with Crippen LogP contribution in [-0.4, -0.2) is 34.9 Å². The van der Waals surface area contributed by atoms with Gasteiger partial charge >= 0.3 is 0 Å². The van der Waals surface area contributed by atoms with Crippen LogP contribution in [0.4, 0.5) is 0 Å². The molecule has 4 nitrogen and oxygen atoms in total. The lowest BCUT2D eigenvalue weighted by molar-refractivity contribution is -0.123. The van der Waals surface area contributed by atoms with Gasteiger partial charge in [0.15, 0.2) is 0 Å². The van der Waals surface area contributed by atoms with E-state index in [1.807, 2.05) is 0 Å². The molecule has 2 unspecified atom stereocenters. The van der Waals surface area contributed by atoms with Crippen molar-refractivity contribution in [2.45, 2.75) is 296 Å². The lowest BCUT2D eigenvalue weighted by atomic mass is 10.0. The van der Waals surface area contributed by atoms with Crippen LogP contribution in [0, 0.1) is 0 Å². The largest absolute Gasteiger partial charge is 0.394 e. The Kier molecular flexibility index (Phi) is 47.3. The van der Waals surface area contributed by atoms with Crippen LogP contribution in [-0.2, 0) is 4.79 Å². The Labute approximate surface area is 351 Å². The highest BCUT2D eigenvalue weighted by molar-refractivity contribution is 5.76. The number of allylic oxidation sites excluding steroid dienone is 4. The minimum absolute atomic E-state index is 0.0299. The van der Waals surface area contributed by atoms with E-state index < -0.39 is 12.1 Å². The van der Waals surface area contributed by atoms with Crippen LogP contribution in [0.25, 0.3) is 0 Å². The highest BCUT2D eigenvalue weighted by atomic mass is 16.3. The maximum absolute atomic E-state index is 12.5. The number of amides is 1. The fourth-order valence-electron chi connectivity index (χ4n) is 8.04. The van der Waals surface area contributed by atoms with Gasteiger partial charge in [0, 0.05) is 6.42 Å². The summed E-state index contributed by atoms with van der Waals surface area (Å²) < 4.78 is 0. The van der Waals surface area contributed by atoms with E-state index in [9.17, 15) is 15.0 Å². The summed E-state index contributed by atoms with van der Waals surface area (Å²) in [5.74, 6) is -0.0299. The van der Waals surface area contributed by atoms with Crippen molar-refractivity contribution in [2.75, 3.05) is 6.61 Å². The predicted molar refractivity (Wildman–Crippen MR) is 249 cm³/mol. The van der Waals surface area contributed by atoms with E-state index in [1.54, 1.807) is 0 Å². The smallest absolute Gasteiger partial charge is 0.220 e. The van der Waals surface area contributed by atoms with Crippen LogP contribution in [0.2, 0.25) is 0 Å². The first kappa shape index (κ1) is 54.9. The number of hydrogen-bond acceptors (Lipinski definition) is 3. The first-order chi connectivity index (χ1) is 27.7. The van der Waals surface area contributed by atoms with Crippen LogP contribution < -0.4 is 5.32 Å². The van der Waals surface area contributed by atoms with E-state index in [2.05, 4.69) is 43.5 Å². The van der Waals surface area contributed by atoms with Crippen molar-refractivity contribution in [1.82, 2.24) is 5.32 Å². The number of unbranched alkanes of at least 4 members (excludes halogenated alkanes) is 36. The number of carbonyl (C=O) groups excluding carboxylic acids is 1. The fourth-order valence-corrected chi connectivity index (χ4v) is 8.04. The molecule has 0 spiro atoms. The van der Waals surface area contributed by atoms with Gasteiger partial charge in [-0.25, -0.2) is 0 Å². The third-order valence-corrected chi connectivity index (χ3v) is 12.0. The van der Waals surface area contributed by atoms with Crippen molar-refractivity contribution in [3.05, 3.63) is 24.3 Å². The molecule has 0 saturated heterocycles. The highest BCUT2D eigenvalue weighted by Crippen LogP contribution is 2.17. The van der Waals surface area contributed by atoms with Crippen molar-refractivity contribution in [3.8, 4) is 0 Å². The van der Waals surface area contributed by atoms with Crippen molar-refractivity contribution in [2.24, 2.45) is 0 Å². The van der Waals surface area contributed by atoms with Crippen LogP contribution in [0.5, 0.6) is 0 Å². The number of rotatable bonds is 47. The van der Waals surface area contributed by atoms with Gasteiger partial charge in [-0.2, -0.15) is 0 Å². The molecule has 3 N–H and O–H groups in total. The molecule has 0 rings (SSSR count). The van der Waals surface area contributed by atoms with Gasteiger partial charge < -0.3 is 15.5 Å². The van der Waals surface area contributed by atoms with E-state index in [0.29, 0.717) is 12.8 Å². The lowest BCUT2D eigenvalue weighted by Crippen LogP contribution is -2.45. The number of hydrogen-bond donors (Lipinski definition) is 3. The molecular weight excluding hydrogens is 687 g/mol. The van der Waals surface area contributed by atoms with Crippen LogP contribution in [0.3, 0.4) is 0 Å². The Balaban J connectivity index is 3.47. The van der Waals surface area contributed by atoms with Crippen molar-refractivity contribution in [3.63, 3.8) is 0 Å². The molecule has 0 fully saturated rings. The highest BCUT2D eigenvalue weighted by Gasteiger charge is 2.20. The summed E-state index contributed by atoms with van der Waals surface area (Å²) in [7, 11) is 0. The zero-order chi connectivity index (χ0) is 40.7. The molecule has 2 atom stereocenters. The Morgan fingerprint density at radius 1 is 0.429 bits per heavy atom. The zero-order valence-electron chi connectivity index (χ0n) is 38.2. The molecule has 0 heterocycles. The Morgan fingerprint density at radius 2 is 0.732 bits per heavy atom. The van der Waals surface area contributed by atoms with Crippen molar-refractivity contribution >= 4 is 5.91 Å². The molecule has 0 aliphatic rings. The average Bonchev–Trinajstić information content (AvgIpc) is 3.20. The normalized spacial score (nSPS) is 13.0. The molecule has 0 radical (unpaired) electrons. The molecular formula is C52H101NO3. The first-order valence-electron chi connectivity index (χ1n) is 25.5. The van der Waals surface area contributed by atoms with Crippen LogP contribution in [0.1, 0.15) is 284 Å². The SMILES string of the molecule is CCCCCCC/C=C\C/C=C\CCCCCCCCCCCCCC(=O)NC(CO)C(O)CCCCCCCCCCCCCCCCCCCCCCC. The van der Waals surface area contributed by atoms with Gasteiger partial charge in [0.2, 0.25) is 5.91 Å². The lowest BCUT2D eigenvalue weighted by Gasteiger charge is -2.22. The summed E-state index contributed by atoms with van der Waals surface area (Å²) in [6.07, 6.45) is 62.8. The predicted octanol–water partition coefficient (Wildman–Crippen LogP) is 16.4. The zero-order valence-corrected chi connectivity index (χ0v) is 38.2. The number of aliphatic hydroxyl groups is 2. The topological polar surface area (TPSA) is 69.6 Å². The summed E-state index contributed by atoms with van der Waals surface area (Å²) in [4.78, 5) is 12.5. The number of nitrogens with one attached hydrogen (secondary N) is 1. The average molecular weight is 788 g/mol. The summed E-state index contributed by atoms with van der Waals surface area (Å²) in [5, 5.41) is 23.3. The van der Waals surface area contributed by atoms with E-state index >= 15 is 0 Å². The molecule has 0 aliphatic carbocycles. The fraction of sp³-hybridized carbons (Fsp3) is 0.904. The van der Waals surface area contributed by atoms with E-state index in [1.165, 1.54) is 225 Å². The van der Waals surface area contributed by atoms with Crippen molar-refractivity contribution in [1.29, 1.82) is 0 Å². The van der Waals surface area contributed by atoms with Crippen LogP contribution in [0.15, 0.2) is 24.3 Å². The third kappa shape index (κ3) is 44.0. The number of carbonyl (C=O) groups is 1. The molecule has 332 valence electrons. The quantitative estimate of drug-likeness (QED) is 0.0425. The van der Waals surface area contributed by atoms with Gasteiger partial charge in [-0.05, 0) is 44.9 Å². The van der Waals surface area contributed by atoms with Crippen LogP contribution >= 0.6 is 0 Å². The molecule has 0 aromatic carbocycles. The maximum Gasteiger partial charge on any atom is 0.220 e. The molecule has 0 saturated carbocycles. The van der Waals surface area contributed by atoms with E-state index in [-0.39, 0.29) is 12.5 Å². The maximum atomic E-state index is 12.5. The molecule has 0 bridgehead atoms. The second kappa shape index (κ2) is 48.2. The second-order valence-electron chi connectivity index (χ2n) is 17.6. The van der Waals surface area contributed by atoms with Gasteiger partial charge in [-0.3, -0.25) is 4.79 Å². The minimum Gasteiger partial charge on any atom is -0.394 e. The van der Waals surface area contributed by atoms with Gasteiger partial charge in [0.1, 0.15) is 0 Å². The monoisotopic (exact) mass is 788 g/mol. The molecule has 1 amide bonds. The molecule has 0 aliphatic heterocycles. The van der Waals surface area contributed by atoms with Gasteiger partial charge in [-0.15, -0.1) is 0 Å². The Morgan fingerprint density at radius 3 is 1.07 bits per heavy atom. The standard InChI is InChI=1S/C52H101NO3/c1-3-5-7-9-11-13-15-17-19-21-23-25-26-28-30-32-34-36-38-40-42-44-46-48-52(56)53-50(49-54)51(55)47-45-43-41-39-37-35-33-31-29-27-24-22-20-18-16-14-12-10-8-6-4-2/h15,17,21,23,50-51,54-55H,3-14,16,18-20,22,24-49H2,1-2H3,(H,53,56)/b17-15-,23-21-.